The molecule has 81 valence electrons. The van der Waals surface area contributed by atoms with Crippen LogP contribution >= 0.6 is 0 Å². The third-order valence-electron chi connectivity index (χ3n) is 2.59. The molecule has 0 aliphatic rings. The summed E-state index contributed by atoms with van der Waals surface area (Å²) in [6.07, 6.45) is 1.57. The van der Waals surface area contributed by atoms with Crippen LogP contribution in [0.3, 0.4) is 0 Å². The lowest BCUT2D eigenvalue weighted by molar-refractivity contribution is 0.422. The molecule has 0 saturated heterocycles. The maximum absolute atomic E-state index is 4.84. The van der Waals surface area contributed by atoms with Gasteiger partial charge >= 0.3 is 0 Å². The first kappa shape index (κ1) is 9.85. The maximum Gasteiger partial charge on any atom is 0.124 e. The van der Waals surface area contributed by atoms with Crippen LogP contribution in [-0.2, 0) is 0 Å². The van der Waals surface area contributed by atoms with Crippen molar-refractivity contribution in [3.63, 3.8) is 0 Å². The standard InChI is InChI=1S/C15H10NO/c1-2-5-12(6-3-1)13-7-4-8-14(11-13)15-9-10-17-16-15/h1-10H. The molecule has 0 fully saturated rings. The fourth-order valence-corrected chi connectivity index (χ4v) is 1.76. The van der Waals surface area contributed by atoms with Crippen LogP contribution < -0.4 is 0 Å². The lowest BCUT2D eigenvalue weighted by Gasteiger charge is -2.02. The summed E-state index contributed by atoms with van der Waals surface area (Å²) in [7, 11) is 0. The van der Waals surface area contributed by atoms with Crippen LogP contribution in [0, 0.1) is 6.07 Å². The lowest BCUT2D eigenvalue weighted by atomic mass is 10.0. The van der Waals surface area contributed by atoms with E-state index in [4.69, 9.17) is 4.52 Å². The highest BCUT2D eigenvalue weighted by molar-refractivity contribution is 5.70. The van der Waals surface area contributed by atoms with Crippen LogP contribution in [0.2, 0.25) is 0 Å². The van der Waals surface area contributed by atoms with Gasteiger partial charge in [-0.3, -0.25) is 0 Å². The Balaban J connectivity index is 2.06. The molecule has 0 spiro atoms. The number of hydrogen-bond acceptors (Lipinski definition) is 2. The summed E-state index contributed by atoms with van der Waals surface area (Å²) < 4.78 is 4.84. The zero-order valence-electron chi connectivity index (χ0n) is 9.13. The molecule has 0 N–H and O–H groups in total. The first-order chi connectivity index (χ1) is 8.43. The summed E-state index contributed by atoms with van der Waals surface area (Å²) in [5.41, 5.74) is 3.96. The van der Waals surface area contributed by atoms with Gasteiger partial charge in [0.2, 0.25) is 0 Å². The normalized spacial score (nSPS) is 10.4. The van der Waals surface area contributed by atoms with Crippen LogP contribution in [0.15, 0.2) is 65.4 Å². The number of nitrogens with zero attached hydrogens (tertiary/aromatic N) is 1. The Kier molecular flexibility index (Phi) is 2.47. The molecule has 0 atom stereocenters. The second-order valence-electron chi connectivity index (χ2n) is 3.73. The summed E-state index contributed by atoms with van der Waals surface area (Å²) in [4.78, 5) is 0. The zero-order chi connectivity index (χ0) is 11.5. The zero-order valence-corrected chi connectivity index (χ0v) is 9.13. The van der Waals surface area contributed by atoms with Crippen molar-refractivity contribution in [2.24, 2.45) is 0 Å². The van der Waals surface area contributed by atoms with Gasteiger partial charge in [0.15, 0.2) is 0 Å². The monoisotopic (exact) mass is 220 g/mol. The van der Waals surface area contributed by atoms with Gasteiger partial charge in [-0.15, -0.1) is 0 Å². The molecule has 2 aromatic carbocycles. The Morgan fingerprint density at radius 3 is 2.41 bits per heavy atom. The third-order valence-corrected chi connectivity index (χ3v) is 2.59. The molecule has 0 aliphatic heterocycles. The van der Waals surface area contributed by atoms with E-state index in [0.717, 1.165) is 22.4 Å². The summed E-state index contributed by atoms with van der Waals surface area (Å²) in [5.74, 6) is 0. The van der Waals surface area contributed by atoms with Crippen molar-refractivity contribution in [2.45, 2.75) is 0 Å². The minimum Gasteiger partial charge on any atom is -0.364 e. The molecule has 1 heterocycles. The van der Waals surface area contributed by atoms with Crippen LogP contribution in [0.4, 0.5) is 0 Å². The van der Waals surface area contributed by atoms with Gasteiger partial charge in [-0.2, -0.15) is 0 Å². The largest absolute Gasteiger partial charge is 0.364 e. The van der Waals surface area contributed by atoms with Crippen LogP contribution in [0.1, 0.15) is 0 Å². The van der Waals surface area contributed by atoms with Crippen molar-refractivity contribution < 1.29 is 4.52 Å². The van der Waals surface area contributed by atoms with Gasteiger partial charge in [-0.1, -0.05) is 53.7 Å². The molecule has 3 aromatic rings. The van der Waals surface area contributed by atoms with E-state index < -0.39 is 0 Å². The van der Waals surface area contributed by atoms with E-state index in [2.05, 4.69) is 23.4 Å². The van der Waals surface area contributed by atoms with Gasteiger partial charge in [0.25, 0.3) is 0 Å². The minimum absolute atomic E-state index is 0.808. The third kappa shape index (κ3) is 1.97. The Hall–Kier alpha value is -2.35. The number of benzene rings is 2. The fraction of sp³-hybridized carbons (Fsp3) is 0. The van der Waals surface area contributed by atoms with Gasteiger partial charge in [-0.05, 0) is 11.1 Å². The molecule has 3 rings (SSSR count). The molecule has 1 aromatic heterocycles. The van der Waals surface area contributed by atoms with Crippen molar-refractivity contribution in [2.75, 3.05) is 0 Å². The number of hydrogen-bond donors (Lipinski definition) is 0. The quantitative estimate of drug-likeness (QED) is 0.656. The van der Waals surface area contributed by atoms with E-state index in [0.29, 0.717) is 0 Å². The molecule has 0 bridgehead atoms. The van der Waals surface area contributed by atoms with E-state index in [1.54, 1.807) is 6.26 Å². The highest BCUT2D eigenvalue weighted by Gasteiger charge is 2.03. The van der Waals surface area contributed by atoms with Crippen LogP contribution in [0.5, 0.6) is 0 Å². The first-order valence-electron chi connectivity index (χ1n) is 5.42. The predicted molar refractivity (Wildman–Crippen MR) is 66.2 cm³/mol. The lowest BCUT2D eigenvalue weighted by Crippen LogP contribution is -1.81. The predicted octanol–water partition coefficient (Wildman–Crippen LogP) is 3.81. The van der Waals surface area contributed by atoms with Crippen molar-refractivity contribution >= 4 is 0 Å². The van der Waals surface area contributed by atoms with E-state index >= 15 is 0 Å². The van der Waals surface area contributed by atoms with Gasteiger partial charge in [0.1, 0.15) is 12.0 Å². The van der Waals surface area contributed by atoms with Crippen molar-refractivity contribution in [3.05, 3.63) is 66.9 Å². The van der Waals surface area contributed by atoms with Gasteiger partial charge in [-0.25, -0.2) is 0 Å². The molecule has 0 saturated carbocycles. The SMILES string of the molecule is [c]1c(-c2ccccc2)cccc1-c1ccon1. The van der Waals surface area contributed by atoms with Crippen molar-refractivity contribution in [1.29, 1.82) is 0 Å². The van der Waals surface area contributed by atoms with Crippen molar-refractivity contribution in [1.82, 2.24) is 5.16 Å². The first-order valence-corrected chi connectivity index (χ1v) is 5.42. The Morgan fingerprint density at radius 2 is 1.65 bits per heavy atom. The molecule has 2 nitrogen and oxygen atoms in total. The number of aromatic nitrogens is 1. The number of rotatable bonds is 2. The summed E-state index contributed by atoms with van der Waals surface area (Å²) in [6.45, 7) is 0. The molecule has 0 unspecified atom stereocenters. The smallest absolute Gasteiger partial charge is 0.124 e. The Morgan fingerprint density at radius 1 is 0.824 bits per heavy atom. The van der Waals surface area contributed by atoms with E-state index in [-0.39, 0.29) is 0 Å². The minimum atomic E-state index is 0.808. The summed E-state index contributed by atoms with van der Waals surface area (Å²) >= 11 is 0. The Bertz CT molecular complexity index is 600. The molecular formula is C15H10NO. The van der Waals surface area contributed by atoms with E-state index in [1.165, 1.54) is 0 Å². The van der Waals surface area contributed by atoms with Gasteiger partial charge in [0.05, 0.1) is 0 Å². The molecule has 2 heteroatoms. The molecular weight excluding hydrogens is 210 g/mol. The van der Waals surface area contributed by atoms with E-state index in [9.17, 15) is 0 Å². The molecule has 17 heavy (non-hydrogen) atoms. The van der Waals surface area contributed by atoms with Gasteiger partial charge in [0, 0.05) is 17.7 Å². The van der Waals surface area contributed by atoms with E-state index in [1.807, 2.05) is 42.5 Å². The van der Waals surface area contributed by atoms with Crippen LogP contribution in [0.25, 0.3) is 22.4 Å². The molecule has 1 radical (unpaired) electrons. The second kappa shape index (κ2) is 4.26. The average molecular weight is 220 g/mol. The van der Waals surface area contributed by atoms with Crippen molar-refractivity contribution in [3.8, 4) is 22.4 Å². The molecule has 0 amide bonds. The topological polar surface area (TPSA) is 26.0 Å². The highest BCUT2D eigenvalue weighted by Crippen LogP contribution is 2.24. The van der Waals surface area contributed by atoms with Gasteiger partial charge < -0.3 is 4.52 Å². The summed E-state index contributed by atoms with van der Waals surface area (Å²) in [6, 6.07) is 21.4. The van der Waals surface area contributed by atoms with Crippen LogP contribution in [-0.4, -0.2) is 5.16 Å². The highest BCUT2D eigenvalue weighted by atomic mass is 16.5. The Labute approximate surface area is 99.5 Å². The summed E-state index contributed by atoms with van der Waals surface area (Å²) in [5, 5.41) is 3.92. The average Bonchev–Trinajstić information content (AvgIpc) is 2.94. The second-order valence-corrected chi connectivity index (χ2v) is 3.73. The fourth-order valence-electron chi connectivity index (χ4n) is 1.76. The maximum atomic E-state index is 4.84. The molecule has 0 aliphatic carbocycles.